The van der Waals surface area contributed by atoms with Crippen LogP contribution in [0.3, 0.4) is 0 Å². The predicted molar refractivity (Wildman–Crippen MR) is 111 cm³/mol. The monoisotopic (exact) mass is 371 g/mol. The van der Waals surface area contributed by atoms with Gasteiger partial charge in [-0.25, -0.2) is 0 Å². The third-order valence-electron chi connectivity index (χ3n) is 3.95. The summed E-state index contributed by atoms with van der Waals surface area (Å²) in [5.41, 5.74) is 5.21. The summed E-state index contributed by atoms with van der Waals surface area (Å²) in [7, 11) is 8.30. The Balaban J connectivity index is 1.93. The molecule has 0 radical (unpaired) electrons. The normalized spacial score (nSPS) is 11.8. The number of aromatic amines is 1. The van der Waals surface area contributed by atoms with Crippen LogP contribution in [0.25, 0.3) is 10.9 Å². The highest BCUT2D eigenvalue weighted by Crippen LogP contribution is 2.30. The third-order valence-corrected chi connectivity index (χ3v) is 5.61. The number of hydrogen-bond acceptors (Lipinski definition) is 4. The minimum atomic E-state index is 0.948. The minimum absolute atomic E-state index is 0.948. The van der Waals surface area contributed by atoms with Crippen LogP contribution in [0.2, 0.25) is 0 Å². The molecular formula is C20H25N3S2. The molecule has 5 heteroatoms. The number of hydrogen-bond donors (Lipinski definition) is 1. The van der Waals surface area contributed by atoms with E-state index < -0.39 is 0 Å². The summed E-state index contributed by atoms with van der Waals surface area (Å²) in [6.45, 7) is 2.17. The van der Waals surface area contributed by atoms with Crippen molar-refractivity contribution in [3.8, 4) is 0 Å². The topological polar surface area (TPSA) is 22.3 Å². The molecule has 25 heavy (non-hydrogen) atoms. The first kappa shape index (κ1) is 18.4. The Morgan fingerprint density at radius 1 is 0.880 bits per heavy atom. The summed E-state index contributed by atoms with van der Waals surface area (Å²) >= 11 is 3.52. The molecule has 132 valence electrons. The van der Waals surface area contributed by atoms with E-state index in [0.29, 0.717) is 0 Å². The van der Waals surface area contributed by atoms with Crippen LogP contribution in [0.15, 0.2) is 52.3 Å². The van der Waals surface area contributed by atoms with Gasteiger partial charge in [0.25, 0.3) is 0 Å². The summed E-state index contributed by atoms with van der Waals surface area (Å²) in [5.74, 6) is 0. The lowest BCUT2D eigenvalue weighted by Gasteiger charge is -2.10. The molecule has 3 rings (SSSR count). The summed E-state index contributed by atoms with van der Waals surface area (Å²) in [6, 6.07) is 15.5. The quantitative estimate of drug-likeness (QED) is 0.601. The standard InChI is InChI=1S/C20H25N3S2/c1-14-18(12-15-7-6-8-16(11-15)24-22(2)3)19-13-17(25-23(4)5)9-10-20(19)21-14/h6-11,13,21H,12H2,1-5H3. The van der Waals surface area contributed by atoms with Crippen LogP contribution in [0.5, 0.6) is 0 Å². The molecule has 0 aliphatic heterocycles. The summed E-state index contributed by atoms with van der Waals surface area (Å²) in [4.78, 5) is 6.09. The van der Waals surface area contributed by atoms with E-state index in [9.17, 15) is 0 Å². The number of benzene rings is 2. The van der Waals surface area contributed by atoms with E-state index in [1.54, 1.807) is 23.9 Å². The molecule has 0 amide bonds. The van der Waals surface area contributed by atoms with E-state index in [-0.39, 0.29) is 0 Å². The maximum absolute atomic E-state index is 3.54. The third kappa shape index (κ3) is 4.61. The Bertz CT molecular complexity index is 869. The molecule has 0 unspecified atom stereocenters. The van der Waals surface area contributed by atoms with Gasteiger partial charge < -0.3 is 4.98 Å². The van der Waals surface area contributed by atoms with Crippen molar-refractivity contribution in [2.24, 2.45) is 0 Å². The first-order chi connectivity index (χ1) is 11.9. The molecule has 1 heterocycles. The molecule has 0 saturated heterocycles. The van der Waals surface area contributed by atoms with E-state index >= 15 is 0 Å². The second-order valence-corrected chi connectivity index (χ2v) is 9.34. The number of fused-ring (bicyclic) bond motifs is 1. The molecule has 0 fully saturated rings. The van der Waals surface area contributed by atoms with Crippen LogP contribution in [0.4, 0.5) is 0 Å². The summed E-state index contributed by atoms with van der Waals surface area (Å²) in [6.07, 6.45) is 0.948. The van der Waals surface area contributed by atoms with Gasteiger partial charge in [0, 0.05) is 26.4 Å². The minimum Gasteiger partial charge on any atom is -0.358 e. The van der Waals surface area contributed by atoms with Crippen LogP contribution < -0.4 is 0 Å². The molecule has 0 bridgehead atoms. The number of aryl methyl sites for hydroxylation is 1. The molecule has 0 aliphatic carbocycles. The lowest BCUT2D eigenvalue weighted by atomic mass is 10.0. The fraction of sp³-hybridized carbons (Fsp3) is 0.300. The zero-order valence-electron chi connectivity index (χ0n) is 15.5. The highest BCUT2D eigenvalue weighted by molar-refractivity contribution is 7.97. The molecule has 3 aromatic rings. The fourth-order valence-electron chi connectivity index (χ4n) is 2.98. The van der Waals surface area contributed by atoms with Crippen LogP contribution in [0, 0.1) is 6.92 Å². The van der Waals surface area contributed by atoms with Gasteiger partial charge in [-0.1, -0.05) is 12.1 Å². The van der Waals surface area contributed by atoms with Crippen molar-refractivity contribution >= 4 is 34.8 Å². The van der Waals surface area contributed by atoms with Gasteiger partial charge in [-0.3, -0.25) is 8.61 Å². The predicted octanol–water partition coefficient (Wildman–Crippen LogP) is 5.20. The van der Waals surface area contributed by atoms with Crippen LogP contribution in [-0.4, -0.2) is 41.8 Å². The van der Waals surface area contributed by atoms with Crippen LogP contribution in [0.1, 0.15) is 16.8 Å². The zero-order chi connectivity index (χ0) is 18.0. The molecule has 0 atom stereocenters. The highest BCUT2D eigenvalue weighted by Gasteiger charge is 2.11. The van der Waals surface area contributed by atoms with Crippen LogP contribution >= 0.6 is 23.9 Å². The van der Waals surface area contributed by atoms with Crippen molar-refractivity contribution in [3.05, 3.63) is 59.3 Å². The van der Waals surface area contributed by atoms with Gasteiger partial charge in [-0.05, 0) is 107 Å². The molecule has 3 nitrogen and oxygen atoms in total. The van der Waals surface area contributed by atoms with Gasteiger partial charge in [0.1, 0.15) is 0 Å². The van der Waals surface area contributed by atoms with Crippen molar-refractivity contribution in [1.82, 2.24) is 13.6 Å². The molecule has 0 saturated carbocycles. The fourth-order valence-corrected chi connectivity index (χ4v) is 4.47. The Morgan fingerprint density at radius 2 is 1.56 bits per heavy atom. The number of nitrogens with one attached hydrogen (secondary N) is 1. The Morgan fingerprint density at radius 3 is 2.24 bits per heavy atom. The van der Waals surface area contributed by atoms with E-state index in [2.05, 4.69) is 91.2 Å². The first-order valence-corrected chi connectivity index (χ1v) is 9.88. The van der Waals surface area contributed by atoms with Crippen LogP contribution in [-0.2, 0) is 6.42 Å². The molecule has 1 N–H and O–H groups in total. The van der Waals surface area contributed by atoms with Gasteiger partial charge in [0.15, 0.2) is 0 Å². The van der Waals surface area contributed by atoms with Gasteiger partial charge in [-0.15, -0.1) is 0 Å². The maximum Gasteiger partial charge on any atom is 0.0459 e. The SMILES string of the molecule is Cc1[nH]c2ccc(SN(C)C)cc2c1Cc1cccc(SN(C)C)c1. The Labute approximate surface area is 159 Å². The Kier molecular flexibility index (Phi) is 5.79. The van der Waals surface area contributed by atoms with E-state index in [4.69, 9.17) is 0 Å². The van der Waals surface area contributed by atoms with E-state index in [1.807, 2.05) is 0 Å². The van der Waals surface area contributed by atoms with Gasteiger partial charge in [0.2, 0.25) is 0 Å². The van der Waals surface area contributed by atoms with E-state index in [1.165, 1.54) is 37.5 Å². The first-order valence-electron chi connectivity index (χ1n) is 8.33. The van der Waals surface area contributed by atoms with E-state index in [0.717, 1.165) is 6.42 Å². The Hall–Kier alpha value is -1.40. The number of H-pyrrole nitrogens is 1. The summed E-state index contributed by atoms with van der Waals surface area (Å²) < 4.78 is 4.25. The van der Waals surface area contributed by atoms with Crippen molar-refractivity contribution < 1.29 is 0 Å². The molecular weight excluding hydrogens is 346 g/mol. The van der Waals surface area contributed by atoms with Crippen molar-refractivity contribution in [3.63, 3.8) is 0 Å². The molecule has 2 aromatic carbocycles. The average molecular weight is 372 g/mol. The van der Waals surface area contributed by atoms with Crippen molar-refractivity contribution in [1.29, 1.82) is 0 Å². The largest absolute Gasteiger partial charge is 0.358 e. The smallest absolute Gasteiger partial charge is 0.0459 e. The lowest BCUT2D eigenvalue weighted by Crippen LogP contribution is -1.99. The summed E-state index contributed by atoms with van der Waals surface area (Å²) in [5, 5.41) is 1.33. The highest BCUT2D eigenvalue weighted by atomic mass is 32.2. The molecule has 1 aromatic heterocycles. The molecule has 0 aliphatic rings. The number of rotatable bonds is 6. The average Bonchev–Trinajstić information content (AvgIpc) is 2.82. The van der Waals surface area contributed by atoms with Gasteiger partial charge >= 0.3 is 0 Å². The van der Waals surface area contributed by atoms with Crippen molar-refractivity contribution in [2.75, 3.05) is 28.2 Å². The van der Waals surface area contributed by atoms with Gasteiger partial charge in [-0.2, -0.15) is 0 Å². The van der Waals surface area contributed by atoms with Gasteiger partial charge in [0.05, 0.1) is 0 Å². The second kappa shape index (κ2) is 7.87. The molecule has 0 spiro atoms. The van der Waals surface area contributed by atoms with Crippen molar-refractivity contribution in [2.45, 2.75) is 23.1 Å². The number of aromatic nitrogens is 1. The second-order valence-electron chi connectivity index (χ2n) is 6.57. The maximum atomic E-state index is 3.54. The number of nitrogens with zero attached hydrogens (tertiary/aromatic N) is 2. The lowest BCUT2D eigenvalue weighted by molar-refractivity contribution is 0.702. The zero-order valence-corrected chi connectivity index (χ0v) is 17.1.